The van der Waals surface area contributed by atoms with Crippen molar-refractivity contribution in [3.05, 3.63) is 71.8 Å². The van der Waals surface area contributed by atoms with Gasteiger partial charge in [0, 0.05) is 16.9 Å². The van der Waals surface area contributed by atoms with Gasteiger partial charge >= 0.3 is 6.09 Å². The molecular formula is C19H13N3O3. The van der Waals surface area contributed by atoms with E-state index in [4.69, 9.17) is 10.4 Å². The van der Waals surface area contributed by atoms with Gasteiger partial charge < -0.3 is 10.4 Å². The zero-order valence-electron chi connectivity index (χ0n) is 13.0. The zero-order valence-corrected chi connectivity index (χ0v) is 13.0. The van der Waals surface area contributed by atoms with Crippen LogP contribution in [0.1, 0.15) is 15.9 Å². The molecule has 0 unspecified atom stereocenters. The first-order valence-corrected chi connectivity index (χ1v) is 7.40. The van der Waals surface area contributed by atoms with Gasteiger partial charge in [0.1, 0.15) is 0 Å². The molecule has 0 saturated heterocycles. The maximum absolute atomic E-state index is 12.3. The second-order valence-electron chi connectivity index (χ2n) is 5.35. The number of rotatable bonds is 3. The number of fused-ring (bicyclic) bond motifs is 1. The van der Waals surface area contributed by atoms with Crippen LogP contribution in [-0.4, -0.2) is 17.1 Å². The van der Waals surface area contributed by atoms with Crippen molar-refractivity contribution < 1.29 is 14.7 Å². The van der Waals surface area contributed by atoms with Gasteiger partial charge in [-0.05, 0) is 59.3 Å². The summed E-state index contributed by atoms with van der Waals surface area (Å²) >= 11 is 0. The van der Waals surface area contributed by atoms with Crippen LogP contribution in [0.15, 0.2) is 60.7 Å². The van der Waals surface area contributed by atoms with Crippen molar-refractivity contribution in [3.63, 3.8) is 0 Å². The van der Waals surface area contributed by atoms with Crippen molar-refractivity contribution in [3.8, 4) is 6.07 Å². The first kappa shape index (κ1) is 16.0. The van der Waals surface area contributed by atoms with Crippen molar-refractivity contribution in [2.75, 3.05) is 10.6 Å². The van der Waals surface area contributed by atoms with E-state index in [9.17, 15) is 9.59 Å². The lowest BCUT2D eigenvalue weighted by atomic mass is 10.1. The topological polar surface area (TPSA) is 102 Å². The fourth-order valence-electron chi connectivity index (χ4n) is 2.42. The highest BCUT2D eigenvalue weighted by molar-refractivity contribution is 6.05. The van der Waals surface area contributed by atoms with Gasteiger partial charge in [-0.25, -0.2) is 4.79 Å². The van der Waals surface area contributed by atoms with E-state index in [1.54, 1.807) is 30.3 Å². The number of carbonyl (C=O) groups is 2. The minimum atomic E-state index is -1.16. The van der Waals surface area contributed by atoms with Crippen molar-refractivity contribution in [2.45, 2.75) is 0 Å². The van der Waals surface area contributed by atoms with Gasteiger partial charge in [0.15, 0.2) is 0 Å². The van der Waals surface area contributed by atoms with Crippen LogP contribution < -0.4 is 10.6 Å². The summed E-state index contributed by atoms with van der Waals surface area (Å²) in [4.78, 5) is 22.9. The number of amides is 2. The van der Waals surface area contributed by atoms with Crippen LogP contribution in [0, 0.1) is 11.3 Å². The summed E-state index contributed by atoms with van der Waals surface area (Å²) < 4.78 is 0. The molecular weight excluding hydrogens is 318 g/mol. The Bertz CT molecular complexity index is 1000. The molecule has 3 aromatic rings. The van der Waals surface area contributed by atoms with Crippen LogP contribution >= 0.6 is 0 Å². The highest BCUT2D eigenvalue weighted by Crippen LogP contribution is 2.21. The minimum absolute atomic E-state index is 0.296. The van der Waals surface area contributed by atoms with Crippen molar-refractivity contribution in [1.82, 2.24) is 0 Å². The fraction of sp³-hybridized carbons (Fsp3) is 0. The summed E-state index contributed by atoms with van der Waals surface area (Å²) in [6.07, 6.45) is -1.16. The van der Waals surface area contributed by atoms with E-state index < -0.39 is 6.09 Å². The molecule has 0 aromatic heterocycles. The molecule has 0 bridgehead atoms. The number of anilines is 2. The standard InChI is InChI=1S/C19H13N3O3/c20-11-12-1-2-15-10-17(8-5-14(15)9-12)21-18(23)13-3-6-16(7-4-13)22-19(24)25/h1-10,22H,(H,21,23)(H,24,25). The molecule has 0 aliphatic heterocycles. The van der Waals surface area contributed by atoms with Gasteiger partial charge in [0.05, 0.1) is 11.6 Å². The van der Waals surface area contributed by atoms with E-state index in [1.807, 2.05) is 18.2 Å². The molecule has 6 heteroatoms. The number of carboxylic acid groups (broad SMARTS) is 1. The number of benzene rings is 3. The molecule has 0 aliphatic carbocycles. The van der Waals surface area contributed by atoms with E-state index in [0.29, 0.717) is 22.5 Å². The quantitative estimate of drug-likeness (QED) is 0.673. The zero-order chi connectivity index (χ0) is 17.8. The maximum atomic E-state index is 12.3. The Labute approximate surface area is 143 Å². The van der Waals surface area contributed by atoms with Crippen LogP contribution in [0.3, 0.4) is 0 Å². The van der Waals surface area contributed by atoms with Gasteiger partial charge in [0.2, 0.25) is 0 Å². The number of carbonyl (C=O) groups excluding carboxylic acids is 1. The molecule has 3 rings (SSSR count). The third-order valence-electron chi connectivity index (χ3n) is 3.63. The first-order valence-electron chi connectivity index (χ1n) is 7.40. The normalized spacial score (nSPS) is 10.0. The molecule has 0 fully saturated rings. The minimum Gasteiger partial charge on any atom is -0.465 e. The van der Waals surface area contributed by atoms with Crippen molar-refractivity contribution >= 4 is 34.1 Å². The lowest BCUT2D eigenvalue weighted by Crippen LogP contribution is -2.12. The van der Waals surface area contributed by atoms with Gasteiger partial charge in [-0.15, -0.1) is 0 Å². The molecule has 122 valence electrons. The number of hydrogen-bond acceptors (Lipinski definition) is 3. The molecule has 0 saturated carbocycles. The lowest BCUT2D eigenvalue weighted by Gasteiger charge is -2.08. The molecule has 3 aromatic carbocycles. The first-order chi connectivity index (χ1) is 12.0. The summed E-state index contributed by atoms with van der Waals surface area (Å²) in [7, 11) is 0. The molecule has 3 N–H and O–H groups in total. The van der Waals surface area contributed by atoms with Crippen molar-refractivity contribution in [1.29, 1.82) is 5.26 Å². The van der Waals surface area contributed by atoms with Crippen LogP contribution in [0.2, 0.25) is 0 Å². The molecule has 2 amide bonds. The van der Waals surface area contributed by atoms with Gasteiger partial charge in [-0.3, -0.25) is 10.1 Å². The van der Waals surface area contributed by atoms with Gasteiger partial charge in [-0.2, -0.15) is 5.26 Å². The van der Waals surface area contributed by atoms with Crippen LogP contribution in [0.5, 0.6) is 0 Å². The Morgan fingerprint density at radius 2 is 1.48 bits per heavy atom. The fourth-order valence-corrected chi connectivity index (χ4v) is 2.42. The highest BCUT2D eigenvalue weighted by atomic mass is 16.4. The average Bonchev–Trinajstić information content (AvgIpc) is 2.61. The Kier molecular flexibility index (Phi) is 4.31. The number of nitriles is 1. The molecule has 6 nitrogen and oxygen atoms in total. The Morgan fingerprint density at radius 1 is 0.840 bits per heavy atom. The summed E-state index contributed by atoms with van der Waals surface area (Å²) in [6, 6.07) is 19.0. The van der Waals surface area contributed by atoms with E-state index in [1.165, 1.54) is 12.1 Å². The van der Waals surface area contributed by atoms with Gasteiger partial charge in [0.25, 0.3) is 5.91 Å². The number of hydrogen-bond donors (Lipinski definition) is 3. The van der Waals surface area contributed by atoms with E-state index in [2.05, 4.69) is 16.7 Å². The summed E-state index contributed by atoms with van der Waals surface area (Å²) in [6.45, 7) is 0. The monoisotopic (exact) mass is 331 g/mol. The smallest absolute Gasteiger partial charge is 0.409 e. The average molecular weight is 331 g/mol. The molecule has 0 spiro atoms. The number of nitrogens with one attached hydrogen (secondary N) is 2. The summed E-state index contributed by atoms with van der Waals surface area (Å²) in [5, 5.41) is 24.4. The summed E-state index contributed by atoms with van der Waals surface area (Å²) in [5.41, 5.74) is 2.02. The van der Waals surface area contributed by atoms with E-state index in [-0.39, 0.29) is 5.91 Å². The van der Waals surface area contributed by atoms with Crippen molar-refractivity contribution in [2.24, 2.45) is 0 Å². The highest BCUT2D eigenvalue weighted by Gasteiger charge is 2.07. The molecule has 0 aliphatic rings. The van der Waals surface area contributed by atoms with Crippen LogP contribution in [-0.2, 0) is 0 Å². The van der Waals surface area contributed by atoms with Crippen LogP contribution in [0.25, 0.3) is 10.8 Å². The predicted molar refractivity (Wildman–Crippen MR) is 94.7 cm³/mol. The SMILES string of the molecule is N#Cc1ccc2cc(NC(=O)c3ccc(NC(=O)O)cc3)ccc2c1. The van der Waals surface area contributed by atoms with Gasteiger partial charge in [-0.1, -0.05) is 12.1 Å². The Morgan fingerprint density at radius 3 is 2.16 bits per heavy atom. The third-order valence-corrected chi connectivity index (χ3v) is 3.63. The summed E-state index contributed by atoms with van der Waals surface area (Å²) in [5.74, 6) is -0.296. The molecule has 0 radical (unpaired) electrons. The largest absolute Gasteiger partial charge is 0.465 e. The molecule has 25 heavy (non-hydrogen) atoms. The Hall–Kier alpha value is -3.85. The maximum Gasteiger partial charge on any atom is 0.409 e. The second kappa shape index (κ2) is 6.72. The van der Waals surface area contributed by atoms with Crippen LogP contribution in [0.4, 0.5) is 16.2 Å². The second-order valence-corrected chi connectivity index (χ2v) is 5.35. The molecule has 0 atom stereocenters. The van der Waals surface area contributed by atoms with E-state index >= 15 is 0 Å². The lowest BCUT2D eigenvalue weighted by molar-refractivity contribution is 0.102. The number of nitrogens with zero attached hydrogens (tertiary/aromatic N) is 1. The van der Waals surface area contributed by atoms with E-state index in [0.717, 1.165) is 10.8 Å². The Balaban J connectivity index is 1.77. The predicted octanol–water partition coefficient (Wildman–Crippen LogP) is 4.05. The molecule has 0 heterocycles. The third kappa shape index (κ3) is 3.74.